The first-order valence-corrected chi connectivity index (χ1v) is 6.70. The smallest absolute Gasteiger partial charge is 0.242 e. The summed E-state index contributed by atoms with van der Waals surface area (Å²) in [4.78, 5) is 0.263. The van der Waals surface area contributed by atoms with Gasteiger partial charge in [-0.1, -0.05) is 12.1 Å². The van der Waals surface area contributed by atoms with E-state index in [1.807, 2.05) is 0 Å². The van der Waals surface area contributed by atoms with Crippen LogP contribution in [0.2, 0.25) is 0 Å². The lowest BCUT2D eigenvalue weighted by Crippen LogP contribution is -2.30. The van der Waals surface area contributed by atoms with Crippen LogP contribution >= 0.6 is 0 Å². The standard InChI is InChI=1S/C11H18N2O3S/c1-13(6-7-16-2)17(14,15)11-5-3-4-10(8-11)9-12/h3-5,8H,6-7,9,12H2,1-2H3. The van der Waals surface area contributed by atoms with Crippen molar-refractivity contribution in [3.63, 3.8) is 0 Å². The van der Waals surface area contributed by atoms with Crippen LogP contribution in [0, 0.1) is 0 Å². The fourth-order valence-electron chi connectivity index (χ4n) is 1.35. The normalized spacial score (nSPS) is 12.0. The molecule has 0 atom stereocenters. The summed E-state index contributed by atoms with van der Waals surface area (Å²) < 4.78 is 30.4. The Balaban J connectivity index is 2.95. The van der Waals surface area contributed by atoms with Crippen molar-refractivity contribution >= 4 is 10.0 Å². The molecule has 1 aromatic rings. The molecule has 0 amide bonds. The van der Waals surface area contributed by atoms with Gasteiger partial charge in [-0.15, -0.1) is 0 Å². The lowest BCUT2D eigenvalue weighted by Gasteiger charge is -2.17. The average molecular weight is 258 g/mol. The van der Waals surface area contributed by atoms with Gasteiger partial charge >= 0.3 is 0 Å². The molecule has 0 fully saturated rings. The number of rotatable bonds is 6. The third-order valence-electron chi connectivity index (χ3n) is 2.45. The Labute approximate surface area is 102 Å². The van der Waals surface area contributed by atoms with Gasteiger partial charge in [-0.25, -0.2) is 8.42 Å². The number of ether oxygens (including phenoxy) is 1. The van der Waals surface area contributed by atoms with Crippen molar-refractivity contribution in [3.8, 4) is 0 Å². The Morgan fingerprint density at radius 1 is 1.41 bits per heavy atom. The molecule has 17 heavy (non-hydrogen) atoms. The topological polar surface area (TPSA) is 72.6 Å². The molecule has 1 aromatic carbocycles. The summed E-state index contributed by atoms with van der Waals surface area (Å²) in [6.45, 7) is 1.02. The third-order valence-corrected chi connectivity index (χ3v) is 4.31. The highest BCUT2D eigenvalue weighted by molar-refractivity contribution is 7.89. The van der Waals surface area contributed by atoms with Gasteiger partial charge in [0.25, 0.3) is 0 Å². The van der Waals surface area contributed by atoms with Gasteiger partial charge in [-0.3, -0.25) is 0 Å². The summed E-state index contributed by atoms with van der Waals surface area (Å²) in [7, 11) is -0.378. The quantitative estimate of drug-likeness (QED) is 0.802. The molecule has 0 aliphatic heterocycles. The minimum atomic E-state index is -3.45. The van der Waals surface area contributed by atoms with Crippen LogP contribution in [0.3, 0.4) is 0 Å². The fraction of sp³-hybridized carbons (Fsp3) is 0.455. The average Bonchev–Trinajstić information content (AvgIpc) is 2.35. The van der Waals surface area contributed by atoms with E-state index in [0.717, 1.165) is 5.56 Å². The van der Waals surface area contributed by atoms with Gasteiger partial charge < -0.3 is 10.5 Å². The lowest BCUT2D eigenvalue weighted by molar-refractivity contribution is 0.185. The van der Waals surface area contributed by atoms with E-state index in [4.69, 9.17) is 10.5 Å². The second-order valence-electron chi connectivity index (χ2n) is 3.67. The summed E-state index contributed by atoms with van der Waals surface area (Å²) >= 11 is 0. The van der Waals surface area contributed by atoms with E-state index in [1.54, 1.807) is 24.3 Å². The highest BCUT2D eigenvalue weighted by Crippen LogP contribution is 2.15. The fourth-order valence-corrected chi connectivity index (χ4v) is 2.58. The van der Waals surface area contributed by atoms with Gasteiger partial charge in [-0.05, 0) is 17.7 Å². The molecule has 96 valence electrons. The summed E-state index contributed by atoms with van der Waals surface area (Å²) in [5.74, 6) is 0. The van der Waals surface area contributed by atoms with Crippen molar-refractivity contribution in [2.45, 2.75) is 11.4 Å². The van der Waals surface area contributed by atoms with E-state index in [-0.39, 0.29) is 4.90 Å². The number of nitrogens with zero attached hydrogens (tertiary/aromatic N) is 1. The number of methoxy groups -OCH3 is 1. The monoisotopic (exact) mass is 258 g/mol. The van der Waals surface area contributed by atoms with Crippen LogP contribution in [-0.2, 0) is 21.3 Å². The Hall–Kier alpha value is -0.950. The van der Waals surface area contributed by atoms with Crippen LogP contribution in [0.1, 0.15) is 5.56 Å². The number of nitrogens with two attached hydrogens (primary N) is 1. The molecule has 6 heteroatoms. The SMILES string of the molecule is COCCN(C)S(=O)(=O)c1cccc(CN)c1. The number of likely N-dealkylation sites (N-methyl/N-ethyl adjacent to an activating group) is 1. The molecule has 5 nitrogen and oxygen atoms in total. The molecule has 0 spiro atoms. The van der Waals surface area contributed by atoms with E-state index in [0.29, 0.717) is 19.7 Å². The van der Waals surface area contributed by atoms with Gasteiger partial charge in [-0.2, -0.15) is 4.31 Å². The maximum Gasteiger partial charge on any atom is 0.242 e. The van der Waals surface area contributed by atoms with E-state index in [1.165, 1.54) is 18.5 Å². The molecule has 0 saturated carbocycles. The molecule has 0 saturated heterocycles. The molecular weight excluding hydrogens is 240 g/mol. The van der Waals surface area contributed by atoms with E-state index in [9.17, 15) is 8.42 Å². The molecule has 2 N–H and O–H groups in total. The third kappa shape index (κ3) is 3.50. The highest BCUT2D eigenvalue weighted by Gasteiger charge is 2.20. The zero-order valence-corrected chi connectivity index (χ0v) is 10.9. The number of hydrogen-bond donors (Lipinski definition) is 1. The Morgan fingerprint density at radius 3 is 2.71 bits per heavy atom. The molecule has 0 aliphatic rings. The summed E-state index contributed by atoms with van der Waals surface area (Å²) in [5.41, 5.74) is 6.29. The molecule has 0 aromatic heterocycles. The van der Waals surface area contributed by atoms with Crippen molar-refractivity contribution in [1.82, 2.24) is 4.31 Å². The molecular formula is C11H18N2O3S. The van der Waals surface area contributed by atoms with E-state index in [2.05, 4.69) is 0 Å². The molecule has 0 unspecified atom stereocenters. The first-order chi connectivity index (χ1) is 8.02. The molecule has 1 rings (SSSR count). The summed E-state index contributed by atoms with van der Waals surface area (Å²) in [6, 6.07) is 6.66. The van der Waals surface area contributed by atoms with Gasteiger partial charge in [0.1, 0.15) is 0 Å². The van der Waals surface area contributed by atoms with Gasteiger partial charge in [0.05, 0.1) is 11.5 Å². The second kappa shape index (κ2) is 6.11. The molecule has 0 radical (unpaired) electrons. The minimum Gasteiger partial charge on any atom is -0.383 e. The van der Waals surface area contributed by atoms with Crippen molar-refractivity contribution in [1.29, 1.82) is 0 Å². The Bertz CT molecular complexity index is 460. The van der Waals surface area contributed by atoms with Crippen molar-refractivity contribution < 1.29 is 13.2 Å². The van der Waals surface area contributed by atoms with Crippen molar-refractivity contribution in [2.24, 2.45) is 5.73 Å². The molecule has 0 heterocycles. The molecule has 0 bridgehead atoms. The van der Waals surface area contributed by atoms with E-state index < -0.39 is 10.0 Å². The maximum absolute atomic E-state index is 12.1. The van der Waals surface area contributed by atoms with Gasteiger partial charge in [0.15, 0.2) is 0 Å². The first kappa shape index (κ1) is 14.1. The number of sulfonamides is 1. The van der Waals surface area contributed by atoms with Crippen LogP contribution in [0.25, 0.3) is 0 Å². The van der Waals surface area contributed by atoms with Crippen LogP contribution in [0.4, 0.5) is 0 Å². The van der Waals surface area contributed by atoms with Crippen LogP contribution in [0.5, 0.6) is 0 Å². The van der Waals surface area contributed by atoms with Crippen LogP contribution in [-0.4, -0.2) is 40.0 Å². The second-order valence-corrected chi connectivity index (χ2v) is 5.72. The number of benzene rings is 1. The first-order valence-electron chi connectivity index (χ1n) is 5.26. The molecule has 0 aliphatic carbocycles. The maximum atomic E-state index is 12.1. The van der Waals surface area contributed by atoms with Gasteiger partial charge in [0, 0.05) is 27.2 Å². The zero-order valence-electron chi connectivity index (χ0n) is 10.1. The van der Waals surface area contributed by atoms with Crippen molar-refractivity contribution in [2.75, 3.05) is 27.3 Å². The number of hydrogen-bond acceptors (Lipinski definition) is 4. The van der Waals surface area contributed by atoms with Gasteiger partial charge in [0.2, 0.25) is 10.0 Å². The van der Waals surface area contributed by atoms with Crippen LogP contribution in [0.15, 0.2) is 29.2 Å². The van der Waals surface area contributed by atoms with Crippen molar-refractivity contribution in [3.05, 3.63) is 29.8 Å². The summed E-state index contributed by atoms with van der Waals surface area (Å²) in [6.07, 6.45) is 0. The minimum absolute atomic E-state index is 0.263. The largest absolute Gasteiger partial charge is 0.383 e. The highest BCUT2D eigenvalue weighted by atomic mass is 32.2. The Kier molecular flexibility index (Phi) is 5.07. The Morgan fingerprint density at radius 2 is 2.12 bits per heavy atom. The lowest BCUT2D eigenvalue weighted by atomic mass is 10.2. The van der Waals surface area contributed by atoms with Crippen LogP contribution < -0.4 is 5.73 Å². The predicted molar refractivity (Wildman–Crippen MR) is 66.0 cm³/mol. The predicted octanol–water partition coefficient (Wildman–Crippen LogP) is 0.412. The van der Waals surface area contributed by atoms with E-state index >= 15 is 0 Å². The summed E-state index contributed by atoms with van der Waals surface area (Å²) in [5, 5.41) is 0. The zero-order chi connectivity index (χ0) is 12.9.